The maximum Gasteiger partial charge on any atom is 0.491 e. The van der Waals surface area contributed by atoms with Crippen molar-refractivity contribution in [1.29, 1.82) is 0 Å². The van der Waals surface area contributed by atoms with Crippen LogP contribution in [0.25, 0.3) is 0 Å². The molecule has 0 amide bonds. The quantitative estimate of drug-likeness (QED) is 0.370. The zero-order valence-electron chi connectivity index (χ0n) is 6.31. The lowest BCUT2D eigenvalue weighted by Crippen LogP contribution is -2.23. The third kappa shape index (κ3) is 3.80. The fourth-order valence-corrected chi connectivity index (χ4v) is 0.261. The molecular weight excluding hydrogens is 173 g/mol. The van der Waals surface area contributed by atoms with Crippen molar-refractivity contribution in [3.8, 4) is 0 Å². The van der Waals surface area contributed by atoms with E-state index in [0.29, 0.717) is 11.8 Å². The molecule has 0 aromatic carbocycles. The molecule has 0 fully saturated rings. The van der Waals surface area contributed by atoms with E-state index in [0.717, 1.165) is 0 Å². The molecule has 0 aliphatic rings. The average molecular weight is 180 g/mol. The van der Waals surface area contributed by atoms with Gasteiger partial charge in [-0.3, -0.25) is 0 Å². The average Bonchev–Trinajstić information content (AvgIpc) is 1.97. The molecule has 0 aromatic rings. The van der Waals surface area contributed by atoms with Crippen LogP contribution in [0.3, 0.4) is 0 Å². The van der Waals surface area contributed by atoms with E-state index in [1.165, 1.54) is 13.0 Å². The van der Waals surface area contributed by atoms with Gasteiger partial charge in [-0.2, -0.15) is 13.2 Å². The van der Waals surface area contributed by atoms with Crippen molar-refractivity contribution < 1.29 is 22.7 Å². The minimum atomic E-state index is -4.95. The number of alkyl halides is 3. The number of halogens is 3. The van der Waals surface area contributed by atoms with E-state index in [1.54, 1.807) is 0 Å². The smallest absolute Gasteiger partial charge is 0.428 e. The summed E-state index contributed by atoms with van der Waals surface area (Å²) >= 11 is 0. The summed E-state index contributed by atoms with van der Waals surface area (Å²) < 4.78 is 38.2. The first-order valence-electron chi connectivity index (χ1n) is 2.95. The molecule has 0 heterocycles. The Balaban J connectivity index is 4.13. The summed E-state index contributed by atoms with van der Waals surface area (Å²) in [6.07, 6.45) is -2.98. The van der Waals surface area contributed by atoms with Crippen LogP contribution in [-0.4, -0.2) is 12.1 Å². The van der Waals surface area contributed by atoms with Crippen molar-refractivity contribution in [2.45, 2.75) is 13.1 Å². The second kappa shape index (κ2) is 3.94. The van der Waals surface area contributed by atoms with E-state index < -0.39 is 12.1 Å². The van der Waals surface area contributed by atoms with Gasteiger partial charge in [0.25, 0.3) is 0 Å². The molecule has 0 unspecified atom stereocenters. The molecule has 0 atom stereocenters. The van der Waals surface area contributed by atoms with Gasteiger partial charge in [-0.1, -0.05) is 12.7 Å². The number of carbonyl (C=O) groups excluding carboxylic acids is 1. The summed E-state index contributed by atoms with van der Waals surface area (Å²) in [6.45, 7) is 4.71. The lowest BCUT2D eigenvalue weighted by atomic mass is 10.3. The standard InChI is InChI=1S/C7H7F3O2/c1-3-5(2)4-12-6(11)7(8,9)10/h3-4H,1H2,2H3/b5-4+. The zero-order chi connectivity index (χ0) is 9.78. The maximum atomic E-state index is 11.5. The highest BCUT2D eigenvalue weighted by molar-refractivity contribution is 5.76. The summed E-state index contributed by atoms with van der Waals surface area (Å²) in [5, 5.41) is 0. The van der Waals surface area contributed by atoms with E-state index in [4.69, 9.17) is 0 Å². The molecule has 0 aliphatic heterocycles. The monoisotopic (exact) mass is 180 g/mol. The number of esters is 1. The molecule has 0 spiro atoms. The molecule has 0 bridgehead atoms. The Morgan fingerprint density at radius 3 is 2.33 bits per heavy atom. The summed E-state index contributed by atoms with van der Waals surface area (Å²) in [5.41, 5.74) is 0.340. The largest absolute Gasteiger partial charge is 0.491 e. The van der Waals surface area contributed by atoms with Crippen molar-refractivity contribution >= 4 is 5.97 Å². The van der Waals surface area contributed by atoms with Crippen molar-refractivity contribution in [2.24, 2.45) is 0 Å². The molecule has 0 saturated heterocycles. The van der Waals surface area contributed by atoms with Crippen LogP contribution in [0.15, 0.2) is 24.5 Å². The zero-order valence-corrected chi connectivity index (χ0v) is 6.31. The Hall–Kier alpha value is -1.26. The predicted molar refractivity (Wildman–Crippen MR) is 36.1 cm³/mol. The van der Waals surface area contributed by atoms with E-state index in [1.807, 2.05) is 0 Å². The van der Waals surface area contributed by atoms with Gasteiger partial charge in [0.1, 0.15) is 0 Å². The summed E-state index contributed by atoms with van der Waals surface area (Å²) in [4.78, 5) is 10.1. The second-order valence-corrected chi connectivity index (χ2v) is 1.97. The first-order valence-corrected chi connectivity index (χ1v) is 2.95. The van der Waals surface area contributed by atoms with Gasteiger partial charge in [-0.15, -0.1) is 0 Å². The van der Waals surface area contributed by atoms with Crippen LogP contribution in [0.5, 0.6) is 0 Å². The molecule has 2 nitrogen and oxygen atoms in total. The van der Waals surface area contributed by atoms with Gasteiger partial charge in [0.15, 0.2) is 0 Å². The van der Waals surface area contributed by atoms with E-state index in [9.17, 15) is 18.0 Å². The van der Waals surface area contributed by atoms with Crippen LogP contribution in [0.1, 0.15) is 6.92 Å². The number of rotatable bonds is 2. The number of hydrogen-bond donors (Lipinski definition) is 0. The van der Waals surface area contributed by atoms with E-state index in [-0.39, 0.29) is 0 Å². The molecular formula is C7H7F3O2. The fraction of sp³-hybridized carbons (Fsp3) is 0.286. The van der Waals surface area contributed by atoms with Gasteiger partial charge >= 0.3 is 12.1 Å². The van der Waals surface area contributed by atoms with Gasteiger partial charge in [0.2, 0.25) is 0 Å². The fourth-order valence-electron chi connectivity index (χ4n) is 0.261. The number of ether oxygens (including phenoxy) is 1. The topological polar surface area (TPSA) is 26.3 Å². The Labute approximate surface area is 67.3 Å². The van der Waals surface area contributed by atoms with Crippen LogP contribution in [0.2, 0.25) is 0 Å². The van der Waals surface area contributed by atoms with Gasteiger partial charge < -0.3 is 4.74 Å². The Morgan fingerprint density at radius 2 is 2.00 bits per heavy atom. The molecule has 12 heavy (non-hydrogen) atoms. The molecule has 68 valence electrons. The third-order valence-electron chi connectivity index (χ3n) is 0.905. The second-order valence-electron chi connectivity index (χ2n) is 1.97. The molecule has 0 rings (SSSR count). The Kier molecular flexibility index (Phi) is 3.53. The number of carbonyl (C=O) groups is 1. The third-order valence-corrected chi connectivity index (χ3v) is 0.905. The molecule has 0 saturated carbocycles. The molecule has 0 aromatic heterocycles. The van der Waals surface area contributed by atoms with Gasteiger partial charge in [-0.25, -0.2) is 4.79 Å². The van der Waals surface area contributed by atoms with E-state index >= 15 is 0 Å². The van der Waals surface area contributed by atoms with Crippen molar-refractivity contribution in [2.75, 3.05) is 0 Å². The minimum absolute atomic E-state index is 0.340. The van der Waals surface area contributed by atoms with Crippen LogP contribution in [-0.2, 0) is 9.53 Å². The Bertz CT molecular complexity index is 215. The molecule has 0 aliphatic carbocycles. The van der Waals surface area contributed by atoms with Gasteiger partial charge in [0.05, 0.1) is 6.26 Å². The van der Waals surface area contributed by atoms with Crippen LogP contribution in [0, 0.1) is 0 Å². The van der Waals surface area contributed by atoms with Crippen LogP contribution >= 0.6 is 0 Å². The highest BCUT2D eigenvalue weighted by Gasteiger charge is 2.40. The van der Waals surface area contributed by atoms with E-state index in [2.05, 4.69) is 11.3 Å². The number of hydrogen-bond acceptors (Lipinski definition) is 2. The van der Waals surface area contributed by atoms with Crippen molar-refractivity contribution in [3.63, 3.8) is 0 Å². The van der Waals surface area contributed by atoms with Crippen LogP contribution in [0.4, 0.5) is 13.2 Å². The summed E-state index contributed by atoms with van der Waals surface area (Å²) in [6, 6.07) is 0. The maximum absolute atomic E-state index is 11.5. The lowest BCUT2D eigenvalue weighted by molar-refractivity contribution is -0.193. The minimum Gasteiger partial charge on any atom is -0.428 e. The SMILES string of the molecule is C=C/C(C)=C/OC(=O)C(F)(F)F. The molecule has 0 N–H and O–H groups in total. The summed E-state index contributed by atoms with van der Waals surface area (Å²) in [5.74, 6) is -2.23. The van der Waals surface area contributed by atoms with Crippen LogP contribution < -0.4 is 0 Å². The molecule has 5 heteroatoms. The highest BCUT2D eigenvalue weighted by atomic mass is 19.4. The van der Waals surface area contributed by atoms with Crippen molar-refractivity contribution in [1.82, 2.24) is 0 Å². The van der Waals surface area contributed by atoms with Gasteiger partial charge in [0, 0.05) is 0 Å². The number of allylic oxidation sites excluding steroid dienone is 2. The predicted octanol–water partition coefficient (Wildman–Crippen LogP) is 2.18. The van der Waals surface area contributed by atoms with Crippen molar-refractivity contribution in [3.05, 3.63) is 24.5 Å². The first-order chi connectivity index (χ1) is 5.38. The summed E-state index contributed by atoms with van der Waals surface area (Å²) in [7, 11) is 0. The Morgan fingerprint density at radius 1 is 1.50 bits per heavy atom. The lowest BCUT2D eigenvalue weighted by Gasteiger charge is -2.02. The normalized spacial score (nSPS) is 12.5. The highest BCUT2D eigenvalue weighted by Crippen LogP contribution is 2.16. The first kappa shape index (κ1) is 10.7. The molecule has 0 radical (unpaired) electrons. The van der Waals surface area contributed by atoms with Gasteiger partial charge in [-0.05, 0) is 12.5 Å².